The Morgan fingerprint density at radius 1 is 1.27 bits per heavy atom. The van der Waals surface area contributed by atoms with Gasteiger partial charge in [0.15, 0.2) is 0 Å². The zero-order valence-electron chi connectivity index (χ0n) is 5.04. The van der Waals surface area contributed by atoms with E-state index in [9.17, 15) is 4.79 Å². The highest BCUT2D eigenvalue weighted by molar-refractivity contribution is 14.1. The fourth-order valence-corrected chi connectivity index (χ4v) is 0.952. The average Bonchev–Trinajstić information content (AvgIpc) is 1.88. The molecule has 0 fully saturated rings. The Labute approximate surface area is 79.4 Å². The molecular weight excluding hydrogens is 255 g/mol. The lowest BCUT2D eigenvalue weighted by Gasteiger charge is -1.91. The molecule has 0 bridgehead atoms. The van der Waals surface area contributed by atoms with Crippen molar-refractivity contribution in [2.75, 3.05) is 0 Å². The highest BCUT2D eigenvalue weighted by Crippen LogP contribution is 2.05. The molecule has 0 aromatic heterocycles. The molecule has 1 N–H and O–H groups in total. The molecule has 0 unspecified atom stereocenters. The number of hydrogen-bond donors (Lipinski definition) is 1. The van der Waals surface area contributed by atoms with Gasteiger partial charge in [-0.25, -0.2) is 4.79 Å². The molecule has 0 saturated carbocycles. The van der Waals surface area contributed by atoms with Gasteiger partial charge in [-0.3, -0.25) is 0 Å². The van der Waals surface area contributed by atoms with Gasteiger partial charge in [-0.15, -0.1) is 0 Å². The van der Waals surface area contributed by atoms with Crippen molar-refractivity contribution in [2.24, 2.45) is 0 Å². The van der Waals surface area contributed by atoms with Crippen LogP contribution in [-0.4, -0.2) is 11.1 Å². The molecule has 1 aromatic carbocycles. The Bertz CT molecular complexity index is 241. The Kier molecular flexibility index (Phi) is 4.10. The van der Waals surface area contributed by atoms with Crippen LogP contribution in [0.4, 0.5) is 0 Å². The van der Waals surface area contributed by atoms with Gasteiger partial charge in [0.2, 0.25) is 0 Å². The van der Waals surface area contributed by atoms with Gasteiger partial charge in [-0.05, 0) is 46.9 Å². The zero-order chi connectivity index (χ0) is 7.56. The molecule has 0 aliphatic heterocycles. The number of aromatic carboxylic acids is 1. The monoisotopic (exact) mass is 264 g/mol. The lowest BCUT2D eigenvalue weighted by molar-refractivity contribution is 0.0697. The summed E-state index contributed by atoms with van der Waals surface area (Å²) in [7, 11) is 0. The van der Waals surface area contributed by atoms with E-state index in [1.54, 1.807) is 24.3 Å². The van der Waals surface area contributed by atoms with Crippen LogP contribution in [0.1, 0.15) is 17.8 Å². The van der Waals surface area contributed by atoms with Crippen molar-refractivity contribution < 1.29 is 9.90 Å². The van der Waals surface area contributed by atoms with E-state index < -0.39 is 5.97 Å². The average molecular weight is 264 g/mol. The molecule has 60 valence electrons. The van der Waals surface area contributed by atoms with Gasteiger partial charge in [0.05, 0.1) is 5.56 Å². The second-order valence-electron chi connectivity index (χ2n) is 1.81. The van der Waals surface area contributed by atoms with E-state index >= 15 is 0 Å². The summed E-state index contributed by atoms with van der Waals surface area (Å²) < 4.78 is 1.04. The summed E-state index contributed by atoms with van der Waals surface area (Å²) in [6.07, 6.45) is 0. The molecular formula is C8H9IO2. The second kappa shape index (κ2) is 4.33. The van der Waals surface area contributed by atoms with Gasteiger partial charge in [-0.1, -0.05) is 7.43 Å². The van der Waals surface area contributed by atoms with Crippen LogP contribution in [0, 0.1) is 3.57 Å². The summed E-state index contributed by atoms with van der Waals surface area (Å²) in [5.41, 5.74) is 0.334. The van der Waals surface area contributed by atoms with Crippen molar-refractivity contribution in [1.82, 2.24) is 0 Å². The van der Waals surface area contributed by atoms with Gasteiger partial charge in [-0.2, -0.15) is 0 Å². The zero-order valence-corrected chi connectivity index (χ0v) is 7.20. The molecule has 3 heteroatoms. The van der Waals surface area contributed by atoms with Crippen molar-refractivity contribution in [1.29, 1.82) is 0 Å². The number of carboxylic acid groups (broad SMARTS) is 1. The smallest absolute Gasteiger partial charge is 0.335 e. The van der Waals surface area contributed by atoms with E-state index in [0.29, 0.717) is 5.56 Å². The molecule has 0 heterocycles. The number of carbonyl (C=O) groups is 1. The van der Waals surface area contributed by atoms with Crippen LogP contribution in [0.5, 0.6) is 0 Å². The fraction of sp³-hybridized carbons (Fsp3) is 0.125. The number of rotatable bonds is 1. The highest BCUT2D eigenvalue weighted by Gasteiger charge is 1.98. The summed E-state index contributed by atoms with van der Waals surface area (Å²) in [5.74, 6) is -0.878. The van der Waals surface area contributed by atoms with Crippen molar-refractivity contribution in [2.45, 2.75) is 7.43 Å². The van der Waals surface area contributed by atoms with Gasteiger partial charge in [0.1, 0.15) is 0 Å². The topological polar surface area (TPSA) is 37.3 Å². The van der Waals surface area contributed by atoms with Crippen molar-refractivity contribution in [3.8, 4) is 0 Å². The van der Waals surface area contributed by atoms with Crippen LogP contribution in [0.15, 0.2) is 24.3 Å². The maximum absolute atomic E-state index is 10.3. The normalized spacial score (nSPS) is 8.45. The van der Waals surface area contributed by atoms with Gasteiger partial charge in [0.25, 0.3) is 0 Å². The standard InChI is InChI=1S/C7H5IO2.CH4/c8-6-3-1-5(2-4-6)7(9)10;/h1-4H,(H,9,10);1H4. The van der Waals surface area contributed by atoms with Gasteiger partial charge in [0, 0.05) is 3.57 Å². The number of carboxylic acids is 1. The predicted octanol–water partition coefficient (Wildman–Crippen LogP) is 2.63. The molecule has 1 rings (SSSR count). The Balaban J connectivity index is 0.000001000. The predicted molar refractivity (Wildman–Crippen MR) is 52.8 cm³/mol. The molecule has 0 spiro atoms. The van der Waals surface area contributed by atoms with Crippen LogP contribution >= 0.6 is 22.6 Å². The number of benzene rings is 1. The first-order valence-electron chi connectivity index (χ1n) is 2.69. The molecule has 1 aromatic rings. The van der Waals surface area contributed by atoms with Crippen molar-refractivity contribution >= 4 is 28.6 Å². The van der Waals surface area contributed by atoms with Crippen molar-refractivity contribution in [3.05, 3.63) is 33.4 Å². The number of hydrogen-bond acceptors (Lipinski definition) is 1. The maximum Gasteiger partial charge on any atom is 0.335 e. The lowest BCUT2D eigenvalue weighted by atomic mass is 10.2. The third kappa shape index (κ3) is 2.88. The minimum Gasteiger partial charge on any atom is -0.478 e. The molecule has 0 atom stereocenters. The lowest BCUT2D eigenvalue weighted by Crippen LogP contribution is -1.94. The maximum atomic E-state index is 10.3. The molecule has 2 nitrogen and oxygen atoms in total. The van der Waals surface area contributed by atoms with Gasteiger partial charge >= 0.3 is 5.97 Å². The van der Waals surface area contributed by atoms with Crippen LogP contribution in [0.2, 0.25) is 0 Å². The number of halogens is 1. The van der Waals surface area contributed by atoms with E-state index in [1.807, 2.05) is 0 Å². The van der Waals surface area contributed by atoms with E-state index in [2.05, 4.69) is 22.6 Å². The van der Waals surface area contributed by atoms with Gasteiger partial charge < -0.3 is 5.11 Å². The van der Waals surface area contributed by atoms with E-state index in [4.69, 9.17) is 5.11 Å². The minimum absolute atomic E-state index is 0. The molecule has 0 aliphatic rings. The van der Waals surface area contributed by atoms with E-state index in [1.165, 1.54) is 0 Å². The van der Waals surface area contributed by atoms with Crippen molar-refractivity contribution in [3.63, 3.8) is 0 Å². The largest absolute Gasteiger partial charge is 0.478 e. The summed E-state index contributed by atoms with van der Waals surface area (Å²) >= 11 is 2.13. The summed E-state index contributed by atoms with van der Waals surface area (Å²) in [6, 6.07) is 6.71. The summed E-state index contributed by atoms with van der Waals surface area (Å²) in [5, 5.41) is 8.47. The quantitative estimate of drug-likeness (QED) is 0.791. The van der Waals surface area contributed by atoms with Crippen LogP contribution in [-0.2, 0) is 0 Å². The van der Waals surface area contributed by atoms with E-state index in [-0.39, 0.29) is 7.43 Å². The van der Waals surface area contributed by atoms with Crippen LogP contribution in [0.25, 0.3) is 0 Å². The Hall–Kier alpha value is -0.580. The van der Waals surface area contributed by atoms with E-state index in [0.717, 1.165) is 3.57 Å². The molecule has 0 amide bonds. The summed E-state index contributed by atoms with van der Waals surface area (Å²) in [6.45, 7) is 0. The summed E-state index contributed by atoms with van der Waals surface area (Å²) in [4.78, 5) is 10.3. The molecule has 0 saturated heterocycles. The first-order valence-corrected chi connectivity index (χ1v) is 3.77. The highest BCUT2D eigenvalue weighted by atomic mass is 127. The molecule has 11 heavy (non-hydrogen) atoms. The third-order valence-corrected chi connectivity index (χ3v) is 1.81. The first-order chi connectivity index (χ1) is 4.70. The molecule has 0 radical (unpaired) electrons. The van der Waals surface area contributed by atoms with Crippen LogP contribution in [0.3, 0.4) is 0 Å². The fourth-order valence-electron chi connectivity index (χ4n) is 0.592. The second-order valence-corrected chi connectivity index (χ2v) is 3.06. The SMILES string of the molecule is C.O=C(O)c1ccc(I)cc1. The third-order valence-electron chi connectivity index (χ3n) is 1.09. The Morgan fingerprint density at radius 3 is 2.09 bits per heavy atom. The minimum atomic E-state index is -0.878. The molecule has 0 aliphatic carbocycles. The first kappa shape index (κ1) is 10.4. The van der Waals surface area contributed by atoms with Crippen LogP contribution < -0.4 is 0 Å². The Morgan fingerprint density at radius 2 is 1.73 bits per heavy atom.